The first kappa shape index (κ1) is 11.6. The highest BCUT2D eigenvalue weighted by Crippen LogP contribution is 2.47. The molecule has 0 fully saturated rings. The molecule has 4 rings (SSSR count). The van der Waals surface area contributed by atoms with E-state index in [1.54, 1.807) is 11.8 Å². The van der Waals surface area contributed by atoms with Crippen LogP contribution in [0.25, 0.3) is 11.3 Å². The highest BCUT2D eigenvalue weighted by Gasteiger charge is 2.18. The lowest BCUT2D eigenvalue weighted by molar-refractivity contribution is 1.28. The number of pyridine rings is 1. The molecule has 0 unspecified atom stereocenters. The second-order valence-corrected chi connectivity index (χ2v) is 5.70. The Kier molecular flexibility index (Phi) is 2.71. The molecular weight excluding hydrogens is 264 g/mol. The normalized spacial score (nSPS) is 12.2. The Morgan fingerprint density at radius 2 is 1.65 bits per heavy atom. The largest absolute Gasteiger partial charge is 0.353 e. The summed E-state index contributed by atoms with van der Waals surface area (Å²) >= 11 is 1.80. The van der Waals surface area contributed by atoms with Gasteiger partial charge in [-0.3, -0.25) is 4.98 Å². The lowest BCUT2D eigenvalue weighted by Gasteiger charge is -2.23. The Hall–Kier alpha value is -2.26. The number of para-hydroxylation sites is 2. The zero-order valence-corrected chi connectivity index (χ0v) is 11.5. The number of nitrogens with zero attached hydrogens (tertiary/aromatic N) is 1. The summed E-state index contributed by atoms with van der Waals surface area (Å²) < 4.78 is 0. The predicted octanol–water partition coefficient (Wildman–Crippen LogP) is 4.96. The highest BCUT2D eigenvalue weighted by molar-refractivity contribution is 7.99. The summed E-state index contributed by atoms with van der Waals surface area (Å²) in [6.07, 6.45) is 1.83. The van der Waals surface area contributed by atoms with E-state index >= 15 is 0 Å². The van der Waals surface area contributed by atoms with Crippen LogP contribution in [0.4, 0.5) is 11.4 Å². The maximum Gasteiger partial charge on any atom is 0.0723 e. The third-order valence-corrected chi connectivity index (χ3v) is 4.47. The van der Waals surface area contributed by atoms with E-state index in [9.17, 15) is 0 Å². The standard InChI is InChI=1S/C17H12N2S/c1-2-9-15-14(8-1)19-17-12(6-5-10-16(17)20-15)13-7-3-4-11-18-13/h1-11,19H. The summed E-state index contributed by atoms with van der Waals surface area (Å²) in [4.78, 5) is 6.97. The van der Waals surface area contributed by atoms with Gasteiger partial charge < -0.3 is 5.32 Å². The first-order valence-electron chi connectivity index (χ1n) is 6.50. The zero-order valence-electron chi connectivity index (χ0n) is 10.7. The van der Waals surface area contributed by atoms with E-state index < -0.39 is 0 Å². The van der Waals surface area contributed by atoms with Gasteiger partial charge in [0.25, 0.3) is 0 Å². The topological polar surface area (TPSA) is 24.9 Å². The van der Waals surface area contributed by atoms with Gasteiger partial charge in [-0.2, -0.15) is 0 Å². The van der Waals surface area contributed by atoms with E-state index in [-0.39, 0.29) is 0 Å². The molecule has 0 spiro atoms. The molecule has 0 atom stereocenters. The van der Waals surface area contributed by atoms with Crippen LogP contribution in [0.1, 0.15) is 0 Å². The van der Waals surface area contributed by atoms with Crippen LogP contribution in [0, 0.1) is 0 Å². The van der Waals surface area contributed by atoms with Crippen molar-refractivity contribution in [1.82, 2.24) is 4.98 Å². The summed E-state index contributed by atoms with van der Waals surface area (Å²) in [5.41, 5.74) is 4.45. The number of nitrogens with one attached hydrogen (secondary N) is 1. The first-order valence-corrected chi connectivity index (χ1v) is 7.32. The fourth-order valence-electron chi connectivity index (χ4n) is 2.39. The molecule has 2 nitrogen and oxygen atoms in total. The fraction of sp³-hybridized carbons (Fsp3) is 0. The van der Waals surface area contributed by atoms with Crippen molar-refractivity contribution in [3.63, 3.8) is 0 Å². The Balaban J connectivity index is 1.87. The van der Waals surface area contributed by atoms with Gasteiger partial charge in [-0.1, -0.05) is 42.1 Å². The van der Waals surface area contributed by atoms with Crippen molar-refractivity contribution >= 4 is 23.1 Å². The highest BCUT2D eigenvalue weighted by atomic mass is 32.2. The van der Waals surface area contributed by atoms with Gasteiger partial charge >= 0.3 is 0 Å². The molecule has 0 saturated carbocycles. The molecule has 1 aliphatic rings. The van der Waals surface area contributed by atoms with Crippen molar-refractivity contribution in [2.24, 2.45) is 0 Å². The van der Waals surface area contributed by atoms with Crippen LogP contribution in [0.5, 0.6) is 0 Å². The second-order valence-electron chi connectivity index (χ2n) is 4.62. The predicted molar refractivity (Wildman–Crippen MR) is 83.5 cm³/mol. The van der Waals surface area contributed by atoms with Crippen molar-refractivity contribution in [3.8, 4) is 11.3 Å². The second kappa shape index (κ2) is 4.69. The van der Waals surface area contributed by atoms with Crippen molar-refractivity contribution in [1.29, 1.82) is 0 Å². The van der Waals surface area contributed by atoms with Gasteiger partial charge in [-0.25, -0.2) is 0 Å². The van der Waals surface area contributed by atoms with Crippen LogP contribution in [-0.4, -0.2) is 4.98 Å². The molecule has 0 radical (unpaired) electrons. The number of aromatic nitrogens is 1. The van der Waals surface area contributed by atoms with E-state index in [2.05, 4.69) is 52.8 Å². The number of hydrogen-bond acceptors (Lipinski definition) is 3. The Morgan fingerprint density at radius 3 is 2.55 bits per heavy atom. The van der Waals surface area contributed by atoms with Crippen LogP contribution >= 0.6 is 11.8 Å². The van der Waals surface area contributed by atoms with E-state index in [0.29, 0.717) is 0 Å². The maximum absolute atomic E-state index is 4.46. The monoisotopic (exact) mass is 276 g/mol. The summed E-state index contributed by atoms with van der Waals surface area (Å²) in [5, 5.41) is 3.55. The lowest BCUT2D eigenvalue weighted by Crippen LogP contribution is -2.01. The zero-order chi connectivity index (χ0) is 13.4. The van der Waals surface area contributed by atoms with Crippen molar-refractivity contribution in [2.75, 3.05) is 5.32 Å². The lowest BCUT2D eigenvalue weighted by atomic mass is 10.1. The molecule has 20 heavy (non-hydrogen) atoms. The van der Waals surface area contributed by atoms with Crippen LogP contribution in [0.3, 0.4) is 0 Å². The number of anilines is 2. The number of fused-ring (bicyclic) bond motifs is 2. The third kappa shape index (κ3) is 1.87. The van der Waals surface area contributed by atoms with Crippen molar-refractivity contribution in [3.05, 3.63) is 66.9 Å². The minimum absolute atomic E-state index is 0.997. The van der Waals surface area contributed by atoms with Crippen LogP contribution < -0.4 is 5.32 Å². The number of rotatable bonds is 1. The van der Waals surface area contributed by atoms with Gasteiger partial charge in [0, 0.05) is 21.6 Å². The van der Waals surface area contributed by atoms with Crippen LogP contribution in [-0.2, 0) is 0 Å². The molecule has 1 aliphatic heterocycles. The average molecular weight is 276 g/mol. The number of benzene rings is 2. The summed E-state index contributed by atoms with van der Waals surface area (Å²) in [6, 6.07) is 20.7. The SMILES string of the molecule is c1ccc(-c2cccc3c2Nc2ccccc2S3)nc1. The molecular formula is C17H12N2S. The fourth-order valence-corrected chi connectivity index (χ4v) is 3.41. The molecule has 2 aromatic carbocycles. The number of hydrogen-bond donors (Lipinski definition) is 1. The average Bonchev–Trinajstić information content (AvgIpc) is 2.53. The summed E-state index contributed by atoms with van der Waals surface area (Å²) in [5.74, 6) is 0. The molecule has 3 heteroatoms. The van der Waals surface area contributed by atoms with E-state index in [4.69, 9.17) is 0 Å². The van der Waals surface area contributed by atoms with Crippen LogP contribution in [0.2, 0.25) is 0 Å². The minimum atomic E-state index is 0.997. The van der Waals surface area contributed by atoms with Gasteiger partial charge in [0.1, 0.15) is 0 Å². The van der Waals surface area contributed by atoms with Gasteiger partial charge in [-0.05, 0) is 30.3 Å². The molecule has 0 saturated heterocycles. The van der Waals surface area contributed by atoms with E-state index in [1.165, 1.54) is 9.79 Å². The maximum atomic E-state index is 4.46. The smallest absolute Gasteiger partial charge is 0.0723 e. The van der Waals surface area contributed by atoms with E-state index in [1.807, 2.05) is 24.4 Å². The third-order valence-electron chi connectivity index (χ3n) is 3.33. The molecule has 0 amide bonds. The van der Waals surface area contributed by atoms with Gasteiger partial charge in [-0.15, -0.1) is 0 Å². The quantitative estimate of drug-likeness (QED) is 0.532. The Labute approximate surface area is 121 Å². The van der Waals surface area contributed by atoms with Crippen molar-refractivity contribution in [2.45, 2.75) is 9.79 Å². The van der Waals surface area contributed by atoms with Gasteiger partial charge in [0.2, 0.25) is 0 Å². The Morgan fingerprint density at radius 1 is 0.800 bits per heavy atom. The van der Waals surface area contributed by atoms with Crippen LogP contribution in [0.15, 0.2) is 76.7 Å². The van der Waals surface area contributed by atoms with Gasteiger partial charge in [0.05, 0.1) is 17.1 Å². The first-order chi connectivity index (χ1) is 9.92. The molecule has 0 aliphatic carbocycles. The summed E-state index contributed by atoms with van der Waals surface area (Å²) in [6.45, 7) is 0. The molecule has 3 aromatic rings. The van der Waals surface area contributed by atoms with Gasteiger partial charge in [0.15, 0.2) is 0 Å². The van der Waals surface area contributed by atoms with Crippen molar-refractivity contribution < 1.29 is 0 Å². The molecule has 96 valence electrons. The molecule has 1 aromatic heterocycles. The molecule has 0 bridgehead atoms. The Bertz CT molecular complexity index is 769. The van der Waals surface area contributed by atoms with E-state index in [0.717, 1.165) is 22.6 Å². The molecule has 1 N–H and O–H groups in total. The summed E-state index contributed by atoms with van der Waals surface area (Å²) in [7, 11) is 0. The minimum Gasteiger partial charge on any atom is -0.353 e. The molecule has 2 heterocycles.